The third-order valence-corrected chi connectivity index (χ3v) is 2.31. The minimum Gasteiger partial charge on any atom is -0.359 e. The third-order valence-electron chi connectivity index (χ3n) is 2.31. The molecule has 3 heteroatoms. The molecule has 0 N–H and O–H groups in total. The van der Waals surface area contributed by atoms with Crippen LogP contribution in [0.3, 0.4) is 0 Å². The number of benzene rings is 1. The van der Waals surface area contributed by atoms with Crippen molar-refractivity contribution in [1.82, 2.24) is 0 Å². The number of nitriles is 2. The van der Waals surface area contributed by atoms with Crippen molar-refractivity contribution in [2.24, 2.45) is 0 Å². The third kappa shape index (κ3) is 3.00. The Hall–Kier alpha value is -2.00. The Kier molecular flexibility index (Phi) is 4.19. The summed E-state index contributed by atoms with van der Waals surface area (Å²) in [6.45, 7) is 0. The van der Waals surface area contributed by atoms with Crippen molar-refractivity contribution in [2.45, 2.75) is 18.9 Å². The highest BCUT2D eigenvalue weighted by Crippen LogP contribution is 2.16. The van der Waals surface area contributed by atoms with Crippen LogP contribution in [0.5, 0.6) is 0 Å². The highest BCUT2D eigenvalue weighted by molar-refractivity contribution is 5.47. The molecule has 1 rings (SSSR count). The van der Waals surface area contributed by atoms with Crippen LogP contribution in [0, 0.1) is 22.7 Å². The Labute approximate surface area is 90.2 Å². The van der Waals surface area contributed by atoms with Crippen molar-refractivity contribution in [2.75, 3.05) is 11.9 Å². The van der Waals surface area contributed by atoms with E-state index in [1.807, 2.05) is 42.3 Å². The van der Waals surface area contributed by atoms with Gasteiger partial charge in [0.2, 0.25) is 0 Å². The number of para-hydroxylation sites is 1. The number of hydrogen-bond acceptors (Lipinski definition) is 3. The Morgan fingerprint density at radius 3 is 2.47 bits per heavy atom. The van der Waals surface area contributed by atoms with Crippen LogP contribution in [0.4, 0.5) is 5.69 Å². The van der Waals surface area contributed by atoms with Gasteiger partial charge in [-0.05, 0) is 18.6 Å². The predicted octanol–water partition coefficient (Wildman–Crippen LogP) is 2.32. The second-order valence-corrected chi connectivity index (χ2v) is 3.29. The van der Waals surface area contributed by atoms with Crippen molar-refractivity contribution in [3.05, 3.63) is 30.3 Å². The molecular formula is C12H13N3. The first-order valence-corrected chi connectivity index (χ1v) is 4.84. The molecule has 0 saturated carbocycles. The van der Waals surface area contributed by atoms with Gasteiger partial charge in [0.15, 0.2) is 0 Å². The van der Waals surface area contributed by atoms with Crippen LogP contribution in [-0.2, 0) is 0 Å². The molecule has 0 amide bonds. The second kappa shape index (κ2) is 5.67. The Bertz CT molecular complexity index is 372. The van der Waals surface area contributed by atoms with Crippen LogP contribution in [0.15, 0.2) is 30.3 Å². The average molecular weight is 199 g/mol. The van der Waals surface area contributed by atoms with E-state index in [2.05, 4.69) is 12.1 Å². The van der Waals surface area contributed by atoms with Gasteiger partial charge >= 0.3 is 0 Å². The van der Waals surface area contributed by atoms with Gasteiger partial charge in [0.25, 0.3) is 0 Å². The Morgan fingerprint density at radius 1 is 1.27 bits per heavy atom. The molecule has 0 bridgehead atoms. The maximum atomic E-state index is 8.98. The Balaban J connectivity index is 2.71. The minimum absolute atomic E-state index is 0.230. The molecule has 0 saturated heterocycles. The fourth-order valence-electron chi connectivity index (χ4n) is 1.39. The van der Waals surface area contributed by atoms with Crippen molar-refractivity contribution < 1.29 is 0 Å². The number of hydrogen-bond donors (Lipinski definition) is 0. The van der Waals surface area contributed by atoms with E-state index < -0.39 is 0 Å². The zero-order chi connectivity index (χ0) is 11.1. The summed E-state index contributed by atoms with van der Waals surface area (Å²) < 4.78 is 0. The van der Waals surface area contributed by atoms with Crippen LogP contribution in [0.2, 0.25) is 0 Å². The number of rotatable bonds is 4. The molecule has 0 fully saturated rings. The van der Waals surface area contributed by atoms with Crippen LogP contribution in [-0.4, -0.2) is 13.1 Å². The molecule has 1 aromatic carbocycles. The van der Waals surface area contributed by atoms with Gasteiger partial charge in [-0.25, -0.2) is 0 Å². The first-order chi connectivity index (χ1) is 7.29. The lowest BCUT2D eigenvalue weighted by Gasteiger charge is -2.23. The lowest BCUT2D eigenvalue weighted by Crippen LogP contribution is -2.29. The van der Waals surface area contributed by atoms with E-state index in [0.717, 1.165) is 5.69 Å². The zero-order valence-corrected chi connectivity index (χ0v) is 8.72. The van der Waals surface area contributed by atoms with Gasteiger partial charge in [0, 0.05) is 19.2 Å². The van der Waals surface area contributed by atoms with Gasteiger partial charge in [0.1, 0.15) is 6.04 Å². The maximum Gasteiger partial charge on any atom is 0.117 e. The van der Waals surface area contributed by atoms with Gasteiger partial charge in [-0.1, -0.05) is 18.2 Å². The van der Waals surface area contributed by atoms with E-state index in [4.69, 9.17) is 10.5 Å². The van der Waals surface area contributed by atoms with Crippen LogP contribution in [0.1, 0.15) is 12.8 Å². The molecule has 1 atom stereocenters. The smallest absolute Gasteiger partial charge is 0.117 e. The van der Waals surface area contributed by atoms with E-state index in [1.54, 1.807) is 0 Å². The van der Waals surface area contributed by atoms with Gasteiger partial charge in [-0.3, -0.25) is 0 Å². The lowest BCUT2D eigenvalue weighted by molar-refractivity contribution is 0.701. The quantitative estimate of drug-likeness (QED) is 0.747. The van der Waals surface area contributed by atoms with E-state index in [9.17, 15) is 0 Å². The molecule has 0 spiro atoms. The fraction of sp³-hybridized carbons (Fsp3) is 0.333. The van der Waals surface area contributed by atoms with E-state index in [1.165, 1.54) is 0 Å². The summed E-state index contributed by atoms with van der Waals surface area (Å²) in [5.74, 6) is 0. The van der Waals surface area contributed by atoms with Crippen molar-refractivity contribution >= 4 is 5.69 Å². The predicted molar refractivity (Wildman–Crippen MR) is 59.1 cm³/mol. The molecule has 0 aliphatic carbocycles. The summed E-state index contributed by atoms with van der Waals surface area (Å²) >= 11 is 0. The standard InChI is InChI=1S/C12H13N3/c1-15(11-6-3-2-4-7-11)12(10-14)8-5-9-13/h2-4,6-7,12H,5,8H2,1H3. The molecule has 0 aromatic heterocycles. The topological polar surface area (TPSA) is 50.8 Å². The Morgan fingerprint density at radius 2 is 1.93 bits per heavy atom. The largest absolute Gasteiger partial charge is 0.359 e. The van der Waals surface area contributed by atoms with Gasteiger partial charge in [-0.2, -0.15) is 10.5 Å². The number of nitrogens with zero attached hydrogens (tertiary/aromatic N) is 3. The van der Waals surface area contributed by atoms with Gasteiger partial charge in [-0.15, -0.1) is 0 Å². The molecule has 1 unspecified atom stereocenters. The summed E-state index contributed by atoms with van der Waals surface area (Å²) in [6.07, 6.45) is 0.994. The SMILES string of the molecule is CN(c1ccccc1)C(C#N)CCC#N. The fourth-order valence-corrected chi connectivity index (χ4v) is 1.39. The molecule has 0 aliphatic heterocycles. The van der Waals surface area contributed by atoms with Crippen LogP contribution < -0.4 is 4.90 Å². The molecule has 76 valence electrons. The summed E-state index contributed by atoms with van der Waals surface area (Å²) in [5.41, 5.74) is 1.00. The van der Waals surface area contributed by atoms with Crippen molar-refractivity contribution in [1.29, 1.82) is 10.5 Å². The first kappa shape index (κ1) is 11.1. The lowest BCUT2D eigenvalue weighted by atomic mass is 10.1. The number of anilines is 1. The maximum absolute atomic E-state index is 8.98. The molecule has 0 heterocycles. The van der Waals surface area contributed by atoms with Crippen molar-refractivity contribution in [3.63, 3.8) is 0 Å². The molecule has 15 heavy (non-hydrogen) atoms. The molecule has 1 aromatic rings. The molecule has 0 radical (unpaired) electrons. The van der Waals surface area contributed by atoms with E-state index in [-0.39, 0.29) is 6.04 Å². The monoisotopic (exact) mass is 199 g/mol. The van der Waals surface area contributed by atoms with Crippen LogP contribution in [0.25, 0.3) is 0 Å². The average Bonchev–Trinajstić information content (AvgIpc) is 2.31. The molecule has 0 aliphatic rings. The summed E-state index contributed by atoms with van der Waals surface area (Å²) in [6, 6.07) is 13.8. The van der Waals surface area contributed by atoms with Crippen LogP contribution >= 0.6 is 0 Å². The summed E-state index contributed by atoms with van der Waals surface area (Å²) in [4.78, 5) is 1.90. The summed E-state index contributed by atoms with van der Waals surface area (Å²) in [7, 11) is 1.88. The van der Waals surface area contributed by atoms with Gasteiger partial charge in [0.05, 0.1) is 12.1 Å². The summed E-state index contributed by atoms with van der Waals surface area (Å²) in [5, 5.41) is 17.5. The second-order valence-electron chi connectivity index (χ2n) is 3.29. The molecular weight excluding hydrogens is 186 g/mol. The highest BCUT2D eigenvalue weighted by atomic mass is 15.1. The highest BCUT2D eigenvalue weighted by Gasteiger charge is 2.13. The first-order valence-electron chi connectivity index (χ1n) is 4.84. The van der Waals surface area contributed by atoms with Crippen molar-refractivity contribution in [3.8, 4) is 12.1 Å². The van der Waals surface area contributed by atoms with E-state index in [0.29, 0.717) is 12.8 Å². The van der Waals surface area contributed by atoms with E-state index >= 15 is 0 Å². The minimum atomic E-state index is -0.230. The van der Waals surface area contributed by atoms with Gasteiger partial charge < -0.3 is 4.90 Å². The zero-order valence-electron chi connectivity index (χ0n) is 8.72. The molecule has 3 nitrogen and oxygen atoms in total. The normalized spacial score (nSPS) is 11.1.